The molecule has 1 aromatic carbocycles. The third-order valence-electron chi connectivity index (χ3n) is 4.13. The van der Waals surface area contributed by atoms with Crippen molar-refractivity contribution >= 4 is 5.69 Å². The quantitative estimate of drug-likeness (QED) is 0.398. The van der Waals surface area contributed by atoms with Gasteiger partial charge in [-0.2, -0.15) is 18.2 Å². The van der Waals surface area contributed by atoms with Gasteiger partial charge in [-0.3, -0.25) is 26.5 Å². The van der Waals surface area contributed by atoms with E-state index in [2.05, 4.69) is 48.8 Å². The van der Waals surface area contributed by atoms with E-state index in [1.54, 1.807) is 4.90 Å². The molecule has 48 heavy (non-hydrogen) atoms. The van der Waals surface area contributed by atoms with Crippen molar-refractivity contribution in [2.24, 2.45) is 0 Å². The third-order valence-corrected chi connectivity index (χ3v) is 4.13. The van der Waals surface area contributed by atoms with Crippen LogP contribution in [-0.2, 0) is 538 Å². The second kappa shape index (κ2) is 109. The smallest absolute Gasteiger partial charge is 0 e. The van der Waals surface area contributed by atoms with Crippen molar-refractivity contribution in [3.63, 3.8) is 0 Å². The average molecular weight is 1730 g/mol. The van der Waals surface area contributed by atoms with Gasteiger partial charge in [0, 0.05) is 538 Å². The first-order valence-electron chi connectivity index (χ1n) is 6.26. The summed E-state index contributed by atoms with van der Waals surface area (Å²) in [5.74, 6) is 0. The van der Waals surface area contributed by atoms with Gasteiger partial charge in [-0.25, -0.2) is 11.1 Å². The molecule has 0 amide bonds. The van der Waals surface area contributed by atoms with E-state index in [1.165, 1.54) is 0 Å². The third kappa shape index (κ3) is 63.6. The molecule has 0 N–H and O–H groups in total. The van der Waals surface area contributed by atoms with Crippen molar-refractivity contribution in [1.29, 1.82) is 0 Å². The van der Waals surface area contributed by atoms with E-state index in [0.29, 0.717) is 0 Å². The molecule has 2 unspecified atom stereocenters. The minimum atomic E-state index is 0. The molecule has 29 radical (unpaired) electrons. The van der Waals surface area contributed by atoms with E-state index in [1.807, 2.05) is 11.8 Å². The molecule has 31 heteroatoms. The van der Waals surface area contributed by atoms with Crippen LogP contribution < -0.4 is 4.90 Å². The van der Waals surface area contributed by atoms with Crippen LogP contribution in [0.15, 0.2) is 0 Å². The van der Waals surface area contributed by atoms with Gasteiger partial charge >= 0.3 is 0 Å². The van der Waals surface area contributed by atoms with E-state index < -0.39 is 0 Å². The molecule has 1 heterocycles. The molecule has 1 aliphatic heterocycles. The summed E-state index contributed by atoms with van der Waals surface area (Å²) in [6.45, 7) is 18.6. The number of anilines is 1. The first-order chi connectivity index (χ1) is 8.77. The van der Waals surface area contributed by atoms with Gasteiger partial charge in [0.25, 0.3) is 0 Å². The molecule has 2 rings (SSSR count). The molecule has 2 nitrogen and oxygen atoms in total. The Morgan fingerprint density at radius 2 is 0.688 bits per heavy atom. The Morgan fingerprint density at radius 3 is 0.896 bits per heavy atom. The number of benzene rings is 1. The number of rotatable bonds is 1. The minimum absolute atomic E-state index is 0. The van der Waals surface area contributed by atoms with Crippen LogP contribution in [0.4, 0.5) is 5.69 Å². The van der Waals surface area contributed by atoms with Gasteiger partial charge in [0.15, 0.2) is 0 Å². The van der Waals surface area contributed by atoms with Gasteiger partial charge in [-0.1, -0.05) is 19.4 Å². The number of hydrogen-bond donors (Lipinski definition) is 0. The monoisotopic (exact) mass is 1730 g/mol. The molecule has 0 spiro atoms. The van der Waals surface area contributed by atoms with Gasteiger partial charge < -0.3 is 36.4 Å². The summed E-state index contributed by atoms with van der Waals surface area (Å²) in [6.07, 6.45) is 0.813. The SMILES string of the molecule is [CH2-]c1c([CH2-])c2c(c([CH2-])c1C)N([CH2-])C([CH2-])CC2N([CH2-])[CH2-].[V].[V].[V].[V].[V].[V].[V].[V].[V].[V].[V].[V].[V].[V].[V].[V].[V].[V].[V].[V].[V].[V].[V].[V].[V].[V].[V].[V].[V]. The summed E-state index contributed by atoms with van der Waals surface area (Å²) in [6, 6.07) is 0.142. The summed E-state index contributed by atoms with van der Waals surface area (Å²) >= 11 is 0. The van der Waals surface area contributed by atoms with Crippen molar-refractivity contribution in [1.82, 2.24) is 4.90 Å². The van der Waals surface area contributed by atoms with E-state index in [-0.39, 0.29) is 550 Å². The molecule has 0 aliphatic carbocycles. The van der Waals surface area contributed by atoms with E-state index in [0.717, 1.165) is 39.9 Å². The van der Waals surface area contributed by atoms with Crippen molar-refractivity contribution in [2.75, 3.05) is 4.90 Å². The Hall–Kier alpha value is 15.5. The van der Waals surface area contributed by atoms with Crippen LogP contribution in [0, 0.1) is 55.8 Å². The van der Waals surface area contributed by atoms with Crippen LogP contribution in [0.2, 0.25) is 0 Å². The maximum atomic E-state index is 4.18. The molecule has 0 aromatic heterocycles. The number of nitrogens with zero attached hydrogens (tertiary/aromatic N) is 2. The molecule has 1 aliphatic rings. The van der Waals surface area contributed by atoms with Crippen LogP contribution in [0.1, 0.15) is 40.3 Å². The molecular weight excluding hydrogens is 1710 g/mol. The Kier molecular flexibility index (Phi) is 448. The molecule has 1 aromatic rings. The standard InChI is InChI=1S/C17H21N2.29V/c1-10-9-15(18(6)7)16-13(4)11(2)12(3)14(5)17(16)19(10)8;;;;;;;;;;;;;;;;;;;;;;;;;;;;;/h10,15H,1-2,4-9H2,3H3;;;;;;;;;;;;;;;;;;;;;;;;;;;;;/q-7;;;;;;;;;;;;;;;;;;;;;;;;;;;;;. The zero-order valence-electron chi connectivity index (χ0n) is 24.7. The minimum Gasteiger partial charge on any atom is -0.615 e. The zero-order valence-corrected chi connectivity index (χ0v) is 65.2. The van der Waals surface area contributed by atoms with Crippen LogP contribution in [-0.4, -0.2) is 10.9 Å². The predicted molar refractivity (Wildman–Crippen MR) is 81.4 cm³/mol. The second-order valence-electron chi connectivity index (χ2n) is 5.29. The predicted octanol–water partition coefficient (Wildman–Crippen LogP) is 3.60. The Bertz CT molecular complexity index is 549. The zero-order chi connectivity index (χ0) is 14.5. The normalized spacial score (nSPS) is 9.00. The number of hydrogen-bond acceptors (Lipinski definition) is 2. The molecular formula is C17H21N2V29-7. The second-order valence-corrected chi connectivity index (χ2v) is 5.29. The first kappa shape index (κ1) is 197. The van der Waals surface area contributed by atoms with Crippen molar-refractivity contribution in [3.05, 3.63) is 76.7 Å². The van der Waals surface area contributed by atoms with E-state index in [4.69, 9.17) is 0 Å². The summed E-state index contributed by atoms with van der Waals surface area (Å²) in [7, 11) is 12.0. The van der Waals surface area contributed by atoms with Crippen LogP contribution in [0.3, 0.4) is 0 Å². The fourth-order valence-corrected chi connectivity index (χ4v) is 2.76. The van der Waals surface area contributed by atoms with Gasteiger partial charge in [0.1, 0.15) is 0 Å². The van der Waals surface area contributed by atoms with Gasteiger partial charge in [0.05, 0.1) is 0 Å². The van der Waals surface area contributed by atoms with Crippen LogP contribution >= 0.6 is 0 Å². The van der Waals surface area contributed by atoms with Gasteiger partial charge in [0.2, 0.25) is 0 Å². The fourth-order valence-electron chi connectivity index (χ4n) is 2.76. The molecule has 0 bridgehead atoms. The van der Waals surface area contributed by atoms with Crippen molar-refractivity contribution in [3.8, 4) is 0 Å². The molecule has 0 fully saturated rings. The maximum Gasteiger partial charge on any atom is 0 e. The van der Waals surface area contributed by atoms with E-state index >= 15 is 0 Å². The van der Waals surface area contributed by atoms with E-state index in [9.17, 15) is 0 Å². The largest absolute Gasteiger partial charge is 0.615 e. The summed E-state index contributed by atoms with van der Waals surface area (Å²) in [5, 5.41) is 0. The summed E-state index contributed by atoms with van der Waals surface area (Å²) in [5.41, 5.74) is 5.96. The maximum absolute atomic E-state index is 4.18. The van der Waals surface area contributed by atoms with Crippen molar-refractivity contribution in [2.45, 2.75) is 25.4 Å². The van der Waals surface area contributed by atoms with Crippen LogP contribution in [0.25, 0.3) is 0 Å². The number of fused-ring (bicyclic) bond motifs is 1. The molecule has 0 saturated carbocycles. The Morgan fingerprint density at radius 1 is 0.458 bits per heavy atom. The fraction of sp³-hybridized carbons (Fsp3) is 0.235. The molecule has 251 valence electrons. The first-order valence-corrected chi connectivity index (χ1v) is 6.26. The summed E-state index contributed by atoms with van der Waals surface area (Å²) < 4.78 is 0. The molecule has 2 atom stereocenters. The Balaban J connectivity index is -0.00000000531. The molecule has 0 saturated heterocycles. The topological polar surface area (TPSA) is 6.48 Å². The van der Waals surface area contributed by atoms with Crippen LogP contribution in [0.5, 0.6) is 0 Å². The van der Waals surface area contributed by atoms with Gasteiger partial charge in [-0.15, -0.1) is 6.04 Å². The Labute approximate surface area is 640 Å². The summed E-state index contributed by atoms with van der Waals surface area (Å²) in [4.78, 5) is 3.64. The van der Waals surface area contributed by atoms with Crippen molar-refractivity contribution < 1.29 is 538 Å². The van der Waals surface area contributed by atoms with Gasteiger partial charge in [-0.05, 0) is 0 Å². The average Bonchev–Trinajstić information content (AvgIpc) is 2.36.